The lowest BCUT2D eigenvalue weighted by Gasteiger charge is -2.31. The van der Waals surface area contributed by atoms with E-state index < -0.39 is 10.5 Å². The molecule has 114 valence electrons. The van der Waals surface area contributed by atoms with Gasteiger partial charge in [0.1, 0.15) is 5.60 Å². The standard InChI is InChI=1S/C14H19N3O4/c1-14(2,3)21-13(18)15-8-9-16-11(6-7-17(19)20)4-5-12(16)10-15/h4-7H,8-10H2,1-3H3/b7-6-. The summed E-state index contributed by atoms with van der Waals surface area (Å²) < 4.78 is 7.33. The minimum absolute atomic E-state index is 0.336. The molecule has 0 N–H and O–H groups in total. The molecule has 0 saturated carbocycles. The van der Waals surface area contributed by atoms with Gasteiger partial charge in [0, 0.05) is 30.6 Å². The third kappa shape index (κ3) is 3.84. The summed E-state index contributed by atoms with van der Waals surface area (Å²) in [5, 5.41) is 10.4. The topological polar surface area (TPSA) is 77.6 Å². The van der Waals surface area contributed by atoms with Crippen LogP contribution in [0.25, 0.3) is 6.08 Å². The normalized spacial score (nSPS) is 15.1. The van der Waals surface area contributed by atoms with Gasteiger partial charge in [0.05, 0.1) is 11.5 Å². The van der Waals surface area contributed by atoms with Crippen LogP contribution in [0, 0.1) is 10.1 Å². The van der Waals surface area contributed by atoms with Gasteiger partial charge in [0.2, 0.25) is 6.20 Å². The Labute approximate surface area is 122 Å². The maximum atomic E-state index is 12.0. The van der Waals surface area contributed by atoms with Gasteiger partial charge in [0.15, 0.2) is 0 Å². The molecular formula is C14H19N3O4. The number of rotatable bonds is 2. The van der Waals surface area contributed by atoms with Crippen molar-refractivity contribution in [2.45, 2.75) is 39.5 Å². The molecule has 1 aromatic heterocycles. The van der Waals surface area contributed by atoms with Crippen molar-refractivity contribution in [2.24, 2.45) is 0 Å². The lowest BCUT2D eigenvalue weighted by molar-refractivity contribution is -0.401. The summed E-state index contributed by atoms with van der Waals surface area (Å²) in [4.78, 5) is 23.6. The Hall–Kier alpha value is -2.31. The summed E-state index contributed by atoms with van der Waals surface area (Å²) >= 11 is 0. The van der Waals surface area contributed by atoms with Crippen molar-refractivity contribution in [3.63, 3.8) is 0 Å². The largest absolute Gasteiger partial charge is 0.444 e. The van der Waals surface area contributed by atoms with E-state index in [9.17, 15) is 14.9 Å². The number of aromatic nitrogens is 1. The van der Waals surface area contributed by atoms with Crippen LogP contribution in [0.15, 0.2) is 18.3 Å². The van der Waals surface area contributed by atoms with E-state index in [1.54, 1.807) is 4.90 Å². The molecule has 1 aliphatic heterocycles. The number of nitro groups is 1. The molecule has 0 spiro atoms. The predicted octanol–water partition coefficient (Wildman–Crippen LogP) is 2.49. The molecule has 0 saturated heterocycles. The third-order valence-corrected chi connectivity index (χ3v) is 3.07. The quantitative estimate of drug-likeness (QED) is 0.620. The van der Waals surface area contributed by atoms with E-state index in [1.807, 2.05) is 37.5 Å². The summed E-state index contributed by atoms with van der Waals surface area (Å²) in [6.07, 6.45) is 2.05. The van der Waals surface area contributed by atoms with E-state index in [-0.39, 0.29) is 6.09 Å². The Kier molecular flexibility index (Phi) is 4.02. The van der Waals surface area contributed by atoms with Crippen LogP contribution in [0.1, 0.15) is 32.2 Å². The Morgan fingerprint density at radius 1 is 1.38 bits per heavy atom. The van der Waals surface area contributed by atoms with Crippen LogP contribution in [0.4, 0.5) is 4.79 Å². The zero-order valence-corrected chi connectivity index (χ0v) is 12.4. The minimum atomic E-state index is -0.518. The van der Waals surface area contributed by atoms with Crippen molar-refractivity contribution >= 4 is 12.2 Å². The number of carbonyl (C=O) groups is 1. The molecule has 0 fully saturated rings. The molecule has 1 aliphatic rings. The van der Waals surface area contributed by atoms with Gasteiger partial charge in [-0.2, -0.15) is 0 Å². The molecule has 0 bridgehead atoms. The fourth-order valence-corrected chi connectivity index (χ4v) is 2.20. The van der Waals surface area contributed by atoms with E-state index in [0.29, 0.717) is 19.6 Å². The average molecular weight is 293 g/mol. The van der Waals surface area contributed by atoms with Gasteiger partial charge >= 0.3 is 6.09 Å². The highest BCUT2D eigenvalue weighted by Gasteiger charge is 2.26. The van der Waals surface area contributed by atoms with Crippen LogP contribution in [-0.2, 0) is 17.8 Å². The first-order valence-electron chi connectivity index (χ1n) is 6.74. The van der Waals surface area contributed by atoms with E-state index in [1.165, 1.54) is 6.08 Å². The number of amides is 1. The van der Waals surface area contributed by atoms with Crippen molar-refractivity contribution in [1.82, 2.24) is 9.47 Å². The number of carbonyl (C=O) groups excluding carboxylic acids is 1. The molecular weight excluding hydrogens is 274 g/mol. The lowest BCUT2D eigenvalue weighted by Crippen LogP contribution is -2.41. The monoisotopic (exact) mass is 293 g/mol. The second kappa shape index (κ2) is 5.59. The first-order chi connectivity index (χ1) is 9.76. The molecule has 1 amide bonds. The van der Waals surface area contributed by atoms with Crippen molar-refractivity contribution in [3.8, 4) is 0 Å². The molecule has 0 aliphatic carbocycles. The van der Waals surface area contributed by atoms with E-state index in [2.05, 4.69) is 0 Å². The van der Waals surface area contributed by atoms with E-state index in [0.717, 1.165) is 17.6 Å². The number of ether oxygens (including phenoxy) is 1. The van der Waals surface area contributed by atoms with Crippen LogP contribution in [-0.4, -0.2) is 32.6 Å². The maximum absolute atomic E-state index is 12.0. The molecule has 0 atom stereocenters. The number of hydrogen-bond acceptors (Lipinski definition) is 4. The first-order valence-corrected chi connectivity index (χ1v) is 6.74. The Morgan fingerprint density at radius 3 is 2.71 bits per heavy atom. The Morgan fingerprint density at radius 2 is 2.10 bits per heavy atom. The third-order valence-electron chi connectivity index (χ3n) is 3.07. The van der Waals surface area contributed by atoms with Crippen LogP contribution in [0.2, 0.25) is 0 Å². The predicted molar refractivity (Wildman–Crippen MR) is 77.1 cm³/mol. The van der Waals surface area contributed by atoms with Crippen molar-refractivity contribution < 1.29 is 14.5 Å². The molecule has 7 heteroatoms. The molecule has 2 rings (SSSR count). The SMILES string of the molecule is CC(C)(C)OC(=O)N1CCn2c(/C=C\[N+](=O)[O-])ccc2C1. The second-order valence-corrected chi connectivity index (χ2v) is 5.90. The minimum Gasteiger partial charge on any atom is -0.444 e. The highest BCUT2D eigenvalue weighted by molar-refractivity contribution is 5.68. The smallest absolute Gasteiger partial charge is 0.410 e. The van der Waals surface area contributed by atoms with E-state index >= 15 is 0 Å². The van der Waals surface area contributed by atoms with Gasteiger partial charge in [-0.1, -0.05) is 0 Å². The second-order valence-electron chi connectivity index (χ2n) is 5.90. The molecule has 0 unspecified atom stereocenters. The lowest BCUT2D eigenvalue weighted by atomic mass is 10.2. The van der Waals surface area contributed by atoms with Crippen LogP contribution >= 0.6 is 0 Å². The Balaban J connectivity index is 2.08. The molecule has 21 heavy (non-hydrogen) atoms. The maximum Gasteiger partial charge on any atom is 0.410 e. The zero-order valence-electron chi connectivity index (χ0n) is 12.4. The summed E-state index contributed by atoms with van der Waals surface area (Å²) in [5.41, 5.74) is 1.19. The van der Waals surface area contributed by atoms with Gasteiger partial charge < -0.3 is 14.2 Å². The number of nitrogens with zero attached hydrogens (tertiary/aromatic N) is 3. The van der Waals surface area contributed by atoms with Crippen LogP contribution in [0.5, 0.6) is 0 Å². The van der Waals surface area contributed by atoms with E-state index in [4.69, 9.17) is 4.74 Å². The highest BCUT2D eigenvalue weighted by Crippen LogP contribution is 2.20. The van der Waals surface area contributed by atoms with Gasteiger partial charge in [-0.05, 0) is 32.9 Å². The summed E-state index contributed by atoms with van der Waals surface area (Å²) in [7, 11) is 0. The van der Waals surface area contributed by atoms with Crippen LogP contribution < -0.4 is 0 Å². The summed E-state index contributed by atoms with van der Waals surface area (Å²) in [6, 6.07) is 3.68. The summed E-state index contributed by atoms with van der Waals surface area (Å²) in [5.74, 6) is 0. The molecule has 0 aromatic carbocycles. The Bertz CT molecular complexity index is 584. The van der Waals surface area contributed by atoms with Gasteiger partial charge in [-0.25, -0.2) is 4.79 Å². The van der Waals surface area contributed by atoms with Crippen molar-refractivity contribution in [2.75, 3.05) is 6.54 Å². The summed E-state index contributed by atoms with van der Waals surface area (Å²) in [6.45, 7) is 7.06. The zero-order chi connectivity index (χ0) is 15.6. The fourth-order valence-electron chi connectivity index (χ4n) is 2.20. The molecule has 2 heterocycles. The van der Waals surface area contributed by atoms with Gasteiger partial charge in [-0.15, -0.1) is 0 Å². The number of fused-ring (bicyclic) bond motifs is 1. The molecule has 7 nitrogen and oxygen atoms in total. The molecule has 0 radical (unpaired) electrons. The average Bonchev–Trinajstić information content (AvgIpc) is 2.76. The highest BCUT2D eigenvalue weighted by atomic mass is 16.6. The molecule has 1 aromatic rings. The van der Waals surface area contributed by atoms with Gasteiger partial charge in [-0.3, -0.25) is 10.1 Å². The van der Waals surface area contributed by atoms with Crippen LogP contribution in [0.3, 0.4) is 0 Å². The van der Waals surface area contributed by atoms with Crippen molar-refractivity contribution in [3.05, 3.63) is 39.8 Å². The fraction of sp³-hybridized carbons (Fsp3) is 0.500. The van der Waals surface area contributed by atoms with Gasteiger partial charge in [0.25, 0.3) is 0 Å². The number of hydrogen-bond donors (Lipinski definition) is 0. The van der Waals surface area contributed by atoms with Crippen molar-refractivity contribution in [1.29, 1.82) is 0 Å². The first kappa shape index (κ1) is 15.1.